The first-order chi connectivity index (χ1) is 8.13. The maximum absolute atomic E-state index is 10.4. The number of nitro benzene ring substituents is 1. The third-order valence-electron chi connectivity index (χ3n) is 2.14. The molecule has 0 aliphatic heterocycles. The monoisotopic (exact) mass is 386 g/mol. The number of hydrogen-bond donors (Lipinski definition) is 1. The van der Waals surface area contributed by atoms with E-state index < -0.39 is 4.92 Å². The zero-order valence-electron chi connectivity index (χ0n) is 9.97. The van der Waals surface area contributed by atoms with E-state index in [0.717, 1.165) is 11.0 Å². The van der Waals surface area contributed by atoms with Crippen LogP contribution in [0.4, 0.5) is 5.69 Å². The van der Waals surface area contributed by atoms with Crippen LogP contribution in [0.3, 0.4) is 0 Å². The molecule has 0 fully saturated rings. The molecule has 102 valence electrons. The predicted octanol–water partition coefficient (Wildman–Crippen LogP) is 2.81. The third kappa shape index (κ3) is 6.36. The minimum absolute atomic E-state index is 0. The summed E-state index contributed by atoms with van der Waals surface area (Å²) >= 11 is 2.32. The second-order valence-electron chi connectivity index (χ2n) is 3.61. The van der Waals surface area contributed by atoms with Crippen molar-refractivity contribution in [2.75, 3.05) is 17.6 Å². The van der Waals surface area contributed by atoms with Gasteiger partial charge in [0.1, 0.15) is 12.4 Å². The van der Waals surface area contributed by atoms with Crippen molar-refractivity contribution in [3.05, 3.63) is 34.4 Å². The standard InChI is InChI=1S/C11H15IN2O3.ClH/c1-9(8-12)13-6-7-17-11-4-2-10(3-5-11)14(15)16;/h2-5,9,13H,6-8H2,1H3;1H. The molecule has 1 atom stereocenters. The second-order valence-corrected chi connectivity index (χ2v) is 4.49. The Hall–Kier alpha value is -0.600. The smallest absolute Gasteiger partial charge is 0.269 e. The highest BCUT2D eigenvalue weighted by atomic mass is 127. The molecule has 0 saturated heterocycles. The van der Waals surface area contributed by atoms with Crippen LogP contribution >= 0.6 is 35.0 Å². The fourth-order valence-corrected chi connectivity index (χ4v) is 1.50. The van der Waals surface area contributed by atoms with E-state index in [0.29, 0.717) is 18.4 Å². The summed E-state index contributed by atoms with van der Waals surface area (Å²) in [7, 11) is 0. The molecule has 1 aromatic rings. The third-order valence-corrected chi connectivity index (χ3v) is 3.46. The topological polar surface area (TPSA) is 64.4 Å². The highest BCUT2D eigenvalue weighted by molar-refractivity contribution is 14.1. The van der Waals surface area contributed by atoms with Crippen LogP contribution in [0.1, 0.15) is 6.92 Å². The Kier molecular flexibility index (Phi) is 9.03. The lowest BCUT2D eigenvalue weighted by molar-refractivity contribution is -0.384. The van der Waals surface area contributed by atoms with Gasteiger partial charge in [0.2, 0.25) is 0 Å². The van der Waals surface area contributed by atoms with Crippen LogP contribution in [0, 0.1) is 10.1 Å². The quantitative estimate of drug-likeness (QED) is 0.257. The zero-order chi connectivity index (χ0) is 12.7. The first-order valence-corrected chi connectivity index (χ1v) is 6.82. The fraction of sp³-hybridized carbons (Fsp3) is 0.455. The molecule has 1 rings (SSSR count). The minimum atomic E-state index is -0.423. The fourth-order valence-electron chi connectivity index (χ4n) is 1.19. The van der Waals surface area contributed by atoms with E-state index in [-0.39, 0.29) is 18.1 Å². The first-order valence-electron chi connectivity index (χ1n) is 5.30. The van der Waals surface area contributed by atoms with Gasteiger partial charge in [-0.3, -0.25) is 10.1 Å². The van der Waals surface area contributed by atoms with Crippen molar-refractivity contribution in [2.24, 2.45) is 0 Å². The molecule has 5 nitrogen and oxygen atoms in total. The van der Waals surface area contributed by atoms with E-state index in [2.05, 4.69) is 34.8 Å². The number of nitro groups is 1. The summed E-state index contributed by atoms with van der Waals surface area (Å²) in [6.45, 7) is 3.43. The number of benzene rings is 1. The Balaban J connectivity index is 0.00000289. The number of nitrogens with zero attached hydrogens (tertiary/aromatic N) is 1. The van der Waals surface area contributed by atoms with Gasteiger partial charge in [-0.25, -0.2) is 0 Å². The molecule has 0 aliphatic rings. The molecule has 7 heteroatoms. The van der Waals surface area contributed by atoms with Gasteiger partial charge in [-0.05, 0) is 19.1 Å². The molecule has 18 heavy (non-hydrogen) atoms. The lowest BCUT2D eigenvalue weighted by Gasteiger charge is -2.11. The van der Waals surface area contributed by atoms with Crippen LogP contribution < -0.4 is 10.1 Å². The molecule has 0 aromatic heterocycles. The Morgan fingerprint density at radius 3 is 2.56 bits per heavy atom. The van der Waals surface area contributed by atoms with Gasteiger partial charge >= 0.3 is 0 Å². The van der Waals surface area contributed by atoms with Crippen molar-refractivity contribution in [1.29, 1.82) is 0 Å². The Morgan fingerprint density at radius 1 is 1.44 bits per heavy atom. The lowest BCUT2D eigenvalue weighted by atomic mass is 10.3. The van der Waals surface area contributed by atoms with Crippen molar-refractivity contribution in [3.8, 4) is 5.75 Å². The van der Waals surface area contributed by atoms with Gasteiger partial charge in [0.05, 0.1) is 4.92 Å². The van der Waals surface area contributed by atoms with E-state index in [1.807, 2.05) is 0 Å². The van der Waals surface area contributed by atoms with Gasteiger partial charge < -0.3 is 10.1 Å². The SMILES string of the molecule is CC(CI)NCCOc1ccc([N+](=O)[O-])cc1.Cl. The molecule has 1 aromatic carbocycles. The summed E-state index contributed by atoms with van der Waals surface area (Å²) in [4.78, 5) is 10.0. The van der Waals surface area contributed by atoms with Crippen LogP contribution in [0.5, 0.6) is 5.75 Å². The Bertz CT molecular complexity index is 362. The van der Waals surface area contributed by atoms with Crippen LogP contribution in [-0.2, 0) is 0 Å². The van der Waals surface area contributed by atoms with Gasteiger partial charge in [-0.15, -0.1) is 12.4 Å². The molecule has 1 unspecified atom stereocenters. The van der Waals surface area contributed by atoms with Gasteiger partial charge in [0.15, 0.2) is 0 Å². The van der Waals surface area contributed by atoms with Gasteiger partial charge in [-0.1, -0.05) is 22.6 Å². The molecular formula is C11H16ClIN2O3. The maximum atomic E-state index is 10.4. The highest BCUT2D eigenvalue weighted by Crippen LogP contribution is 2.16. The number of non-ortho nitro benzene ring substituents is 1. The van der Waals surface area contributed by atoms with E-state index >= 15 is 0 Å². The van der Waals surface area contributed by atoms with Crippen LogP contribution in [0.15, 0.2) is 24.3 Å². The Labute approximate surface area is 126 Å². The van der Waals surface area contributed by atoms with Gasteiger partial charge in [0.25, 0.3) is 5.69 Å². The van der Waals surface area contributed by atoms with E-state index in [1.165, 1.54) is 12.1 Å². The predicted molar refractivity (Wildman–Crippen MR) is 82.2 cm³/mol. The normalized spacial score (nSPS) is 11.4. The van der Waals surface area contributed by atoms with E-state index in [9.17, 15) is 10.1 Å². The van der Waals surface area contributed by atoms with Crippen molar-refractivity contribution in [1.82, 2.24) is 5.32 Å². The van der Waals surface area contributed by atoms with Crippen molar-refractivity contribution >= 4 is 40.7 Å². The number of nitrogens with one attached hydrogen (secondary N) is 1. The first kappa shape index (κ1) is 17.4. The molecule has 0 spiro atoms. The summed E-state index contributed by atoms with van der Waals surface area (Å²) in [6, 6.07) is 6.57. The van der Waals surface area contributed by atoms with Crippen molar-refractivity contribution in [2.45, 2.75) is 13.0 Å². The van der Waals surface area contributed by atoms with Crippen LogP contribution in [0.2, 0.25) is 0 Å². The van der Waals surface area contributed by atoms with Crippen molar-refractivity contribution < 1.29 is 9.66 Å². The number of rotatable bonds is 7. The molecule has 1 N–H and O–H groups in total. The lowest BCUT2D eigenvalue weighted by Crippen LogP contribution is -2.31. The molecule has 0 saturated carbocycles. The largest absolute Gasteiger partial charge is 0.492 e. The Morgan fingerprint density at radius 2 is 2.06 bits per heavy atom. The summed E-state index contributed by atoms with van der Waals surface area (Å²) in [6.07, 6.45) is 0. The summed E-state index contributed by atoms with van der Waals surface area (Å²) < 4.78 is 6.50. The summed E-state index contributed by atoms with van der Waals surface area (Å²) in [5.74, 6) is 0.652. The average molecular weight is 387 g/mol. The van der Waals surface area contributed by atoms with Crippen LogP contribution in [0.25, 0.3) is 0 Å². The van der Waals surface area contributed by atoms with Gasteiger partial charge in [-0.2, -0.15) is 0 Å². The van der Waals surface area contributed by atoms with E-state index in [4.69, 9.17) is 4.74 Å². The summed E-state index contributed by atoms with van der Waals surface area (Å²) in [5, 5.41) is 13.7. The maximum Gasteiger partial charge on any atom is 0.269 e. The molecule has 0 heterocycles. The molecule has 0 bridgehead atoms. The molecule has 0 amide bonds. The number of hydrogen-bond acceptors (Lipinski definition) is 4. The highest BCUT2D eigenvalue weighted by Gasteiger charge is 2.04. The molecule has 0 aliphatic carbocycles. The number of halogens is 2. The number of alkyl halides is 1. The average Bonchev–Trinajstić information content (AvgIpc) is 2.34. The van der Waals surface area contributed by atoms with Crippen molar-refractivity contribution in [3.63, 3.8) is 0 Å². The molecule has 0 radical (unpaired) electrons. The molecular weight excluding hydrogens is 370 g/mol. The minimum Gasteiger partial charge on any atom is -0.492 e. The number of ether oxygens (including phenoxy) is 1. The van der Waals surface area contributed by atoms with Crippen LogP contribution in [-0.4, -0.2) is 28.5 Å². The zero-order valence-corrected chi connectivity index (χ0v) is 12.9. The van der Waals surface area contributed by atoms with Gasteiger partial charge in [0, 0.05) is 29.1 Å². The summed E-state index contributed by atoms with van der Waals surface area (Å²) in [5.41, 5.74) is 0.0778. The van der Waals surface area contributed by atoms with E-state index in [1.54, 1.807) is 12.1 Å². The second kappa shape index (κ2) is 9.35.